The summed E-state index contributed by atoms with van der Waals surface area (Å²) in [5.74, 6) is 0.689. The lowest BCUT2D eigenvalue weighted by molar-refractivity contribution is 0.342. The third-order valence-corrected chi connectivity index (χ3v) is 5.56. The lowest BCUT2D eigenvalue weighted by Gasteiger charge is -2.20. The number of hydrogen-bond acceptors (Lipinski definition) is 6. The van der Waals surface area contributed by atoms with Gasteiger partial charge in [-0.15, -0.1) is 0 Å². The van der Waals surface area contributed by atoms with E-state index in [1.54, 1.807) is 12.1 Å². The second-order valence-corrected chi connectivity index (χ2v) is 7.77. The third kappa shape index (κ3) is 3.28. The van der Waals surface area contributed by atoms with E-state index in [-0.39, 0.29) is 23.0 Å². The van der Waals surface area contributed by atoms with Crippen molar-refractivity contribution in [3.63, 3.8) is 0 Å². The fourth-order valence-corrected chi connectivity index (χ4v) is 4.28. The Labute approximate surface area is 185 Å². The molecule has 4 aromatic carbocycles. The molecule has 6 nitrogen and oxygen atoms in total. The summed E-state index contributed by atoms with van der Waals surface area (Å²) in [6.07, 6.45) is 0. The van der Waals surface area contributed by atoms with Gasteiger partial charge >= 0.3 is 0 Å². The minimum absolute atomic E-state index is 0.0102. The second kappa shape index (κ2) is 8.04. The van der Waals surface area contributed by atoms with Gasteiger partial charge in [-0.25, -0.2) is 0 Å². The van der Waals surface area contributed by atoms with Gasteiger partial charge in [0.2, 0.25) is 0 Å². The van der Waals surface area contributed by atoms with E-state index in [4.69, 9.17) is 9.47 Å². The molecule has 0 heterocycles. The van der Waals surface area contributed by atoms with Crippen molar-refractivity contribution in [3.8, 4) is 45.6 Å². The van der Waals surface area contributed by atoms with Gasteiger partial charge in [0.15, 0.2) is 0 Å². The van der Waals surface area contributed by atoms with Gasteiger partial charge in [-0.3, -0.25) is 0 Å². The number of fused-ring (bicyclic) bond motifs is 2. The van der Waals surface area contributed by atoms with Crippen LogP contribution in [0.2, 0.25) is 0 Å². The predicted molar refractivity (Wildman–Crippen MR) is 125 cm³/mol. The van der Waals surface area contributed by atoms with Gasteiger partial charge < -0.3 is 29.9 Å². The highest BCUT2D eigenvalue weighted by Crippen LogP contribution is 2.51. The third-order valence-electron chi connectivity index (χ3n) is 5.56. The Morgan fingerprint density at radius 1 is 0.719 bits per heavy atom. The van der Waals surface area contributed by atoms with Crippen molar-refractivity contribution < 1.29 is 29.9 Å². The average Bonchev–Trinajstić information content (AvgIpc) is 2.74. The van der Waals surface area contributed by atoms with E-state index >= 15 is 0 Å². The number of rotatable bonds is 5. The van der Waals surface area contributed by atoms with Crippen molar-refractivity contribution in [2.45, 2.75) is 27.7 Å². The van der Waals surface area contributed by atoms with Crippen molar-refractivity contribution >= 4 is 21.5 Å². The molecule has 0 aliphatic heterocycles. The van der Waals surface area contributed by atoms with Crippen molar-refractivity contribution in [2.75, 3.05) is 13.2 Å². The monoisotopic (exact) mass is 434 g/mol. The van der Waals surface area contributed by atoms with Crippen LogP contribution in [0.15, 0.2) is 36.4 Å². The zero-order valence-electron chi connectivity index (χ0n) is 18.5. The molecule has 0 aliphatic carbocycles. The molecule has 0 aromatic heterocycles. The minimum atomic E-state index is -0.0542. The molecule has 4 aromatic rings. The molecule has 6 heteroatoms. The summed E-state index contributed by atoms with van der Waals surface area (Å²) < 4.78 is 11.6. The zero-order chi connectivity index (χ0) is 23.2. The van der Waals surface area contributed by atoms with Crippen LogP contribution < -0.4 is 9.47 Å². The summed E-state index contributed by atoms with van der Waals surface area (Å²) in [5.41, 5.74) is 2.45. The van der Waals surface area contributed by atoms with Crippen molar-refractivity contribution in [1.82, 2.24) is 0 Å². The van der Waals surface area contributed by atoms with E-state index in [0.717, 1.165) is 5.56 Å². The smallest absolute Gasteiger partial charge is 0.139 e. The molecule has 0 bridgehead atoms. The highest BCUT2D eigenvalue weighted by atomic mass is 16.5. The van der Waals surface area contributed by atoms with Crippen LogP contribution in [-0.4, -0.2) is 33.6 Å². The number of benzene rings is 4. The van der Waals surface area contributed by atoms with E-state index in [2.05, 4.69) is 0 Å². The molecule has 0 spiro atoms. The Hall–Kier alpha value is -3.80. The van der Waals surface area contributed by atoms with Gasteiger partial charge in [0, 0.05) is 21.9 Å². The number of phenolic OH excluding ortho intramolecular Hbond substituents is 4. The second-order valence-electron chi connectivity index (χ2n) is 7.77. The summed E-state index contributed by atoms with van der Waals surface area (Å²) in [5, 5.41) is 44.8. The van der Waals surface area contributed by atoms with Crippen LogP contribution in [0.4, 0.5) is 0 Å². The molecular weight excluding hydrogens is 408 g/mol. The van der Waals surface area contributed by atoms with Gasteiger partial charge in [-0.1, -0.05) is 0 Å². The summed E-state index contributed by atoms with van der Waals surface area (Å²) in [6, 6.07) is 9.63. The van der Waals surface area contributed by atoms with Crippen LogP contribution in [0.5, 0.6) is 34.5 Å². The van der Waals surface area contributed by atoms with Crippen LogP contribution in [0, 0.1) is 13.8 Å². The van der Waals surface area contributed by atoms with Crippen molar-refractivity contribution in [2.24, 2.45) is 0 Å². The summed E-state index contributed by atoms with van der Waals surface area (Å²) in [7, 11) is 0. The maximum Gasteiger partial charge on any atom is 0.139 e. The van der Waals surface area contributed by atoms with Gasteiger partial charge in [0.1, 0.15) is 34.5 Å². The first-order valence-corrected chi connectivity index (χ1v) is 10.5. The fourth-order valence-electron chi connectivity index (χ4n) is 4.28. The molecule has 0 unspecified atom stereocenters. The normalized spacial score (nSPS) is 11.2. The highest BCUT2D eigenvalue weighted by molar-refractivity contribution is 6.08. The number of aromatic hydroxyl groups is 4. The van der Waals surface area contributed by atoms with Crippen LogP contribution >= 0.6 is 0 Å². The lowest BCUT2D eigenvalue weighted by Crippen LogP contribution is -1.99. The molecule has 0 atom stereocenters. The quantitative estimate of drug-likeness (QED) is 0.292. The number of ether oxygens (including phenoxy) is 2. The Morgan fingerprint density at radius 3 is 2.09 bits per heavy atom. The van der Waals surface area contributed by atoms with E-state index in [0.29, 0.717) is 62.9 Å². The van der Waals surface area contributed by atoms with Gasteiger partial charge in [-0.05, 0) is 75.2 Å². The maximum absolute atomic E-state index is 11.3. The molecule has 4 rings (SSSR count). The number of aryl methyl sites for hydroxylation is 2. The summed E-state index contributed by atoms with van der Waals surface area (Å²) in [4.78, 5) is 0. The zero-order valence-corrected chi connectivity index (χ0v) is 18.5. The molecule has 0 radical (unpaired) electrons. The molecule has 0 saturated carbocycles. The SMILES string of the molecule is CCOc1cc(C)cc2c(O)c(-c3c(C)cc4c(O)ccc(O)c4c3OCC)cc(O)c12. The molecule has 32 heavy (non-hydrogen) atoms. The van der Waals surface area contributed by atoms with Crippen LogP contribution in [0.1, 0.15) is 25.0 Å². The molecular formula is C26H26O6. The van der Waals surface area contributed by atoms with E-state index < -0.39 is 0 Å². The number of phenols is 4. The topological polar surface area (TPSA) is 99.4 Å². The molecule has 0 aliphatic rings. The van der Waals surface area contributed by atoms with Gasteiger partial charge in [0.25, 0.3) is 0 Å². The van der Waals surface area contributed by atoms with Gasteiger partial charge in [0.05, 0.1) is 24.0 Å². The number of hydrogen-bond donors (Lipinski definition) is 4. The largest absolute Gasteiger partial charge is 0.507 e. The Bertz CT molecular complexity index is 1360. The predicted octanol–water partition coefficient (Wildman–Crippen LogP) is 5.90. The summed E-state index contributed by atoms with van der Waals surface area (Å²) in [6.45, 7) is 8.10. The highest BCUT2D eigenvalue weighted by Gasteiger charge is 2.24. The van der Waals surface area contributed by atoms with Crippen LogP contribution in [0.3, 0.4) is 0 Å². The Balaban J connectivity index is 2.14. The van der Waals surface area contributed by atoms with Crippen molar-refractivity contribution in [3.05, 3.63) is 47.5 Å². The van der Waals surface area contributed by atoms with E-state index in [1.807, 2.05) is 33.8 Å². The standard InChI is InChI=1S/C26H26O6/c1-5-31-21-10-13(3)9-16-23(21)20(29)12-17(25(16)30)22-14(4)11-15-18(27)7-8-19(28)24(15)26(22)32-6-2/h7-12,27-30H,5-6H2,1-4H3. The van der Waals surface area contributed by atoms with Crippen LogP contribution in [-0.2, 0) is 0 Å². The first-order valence-electron chi connectivity index (χ1n) is 10.5. The molecule has 0 amide bonds. The van der Waals surface area contributed by atoms with E-state index in [1.165, 1.54) is 18.2 Å². The van der Waals surface area contributed by atoms with E-state index in [9.17, 15) is 20.4 Å². The molecule has 0 fully saturated rings. The molecule has 0 saturated heterocycles. The first-order chi connectivity index (χ1) is 15.3. The van der Waals surface area contributed by atoms with Crippen molar-refractivity contribution in [1.29, 1.82) is 0 Å². The molecule has 4 N–H and O–H groups in total. The van der Waals surface area contributed by atoms with Crippen LogP contribution in [0.25, 0.3) is 32.7 Å². The fraction of sp³-hybridized carbons (Fsp3) is 0.231. The molecule has 166 valence electrons. The Morgan fingerprint density at radius 2 is 1.41 bits per heavy atom. The average molecular weight is 434 g/mol. The minimum Gasteiger partial charge on any atom is -0.507 e. The Kier molecular flexibility index (Phi) is 5.38. The van der Waals surface area contributed by atoms with Gasteiger partial charge in [-0.2, -0.15) is 0 Å². The maximum atomic E-state index is 11.3. The summed E-state index contributed by atoms with van der Waals surface area (Å²) >= 11 is 0. The lowest BCUT2D eigenvalue weighted by atomic mass is 9.91. The first kappa shape index (κ1) is 21.4.